The van der Waals surface area contributed by atoms with E-state index in [1.807, 2.05) is 0 Å². The maximum atomic E-state index is 12.8. The second-order valence-electron chi connectivity index (χ2n) is 6.28. The van der Waals surface area contributed by atoms with Crippen molar-refractivity contribution in [3.63, 3.8) is 0 Å². The lowest BCUT2D eigenvalue weighted by Crippen LogP contribution is -2.11. The first-order valence-electron chi connectivity index (χ1n) is 8.92. The summed E-state index contributed by atoms with van der Waals surface area (Å²) in [6.45, 7) is 0. The fourth-order valence-corrected chi connectivity index (χ4v) is 5.00. The summed E-state index contributed by atoms with van der Waals surface area (Å²) in [5, 5.41) is 14.2. The molecule has 0 spiro atoms. The van der Waals surface area contributed by atoms with Crippen LogP contribution >= 0.6 is 46.6 Å². The van der Waals surface area contributed by atoms with E-state index in [0.717, 1.165) is 23.9 Å². The summed E-state index contributed by atoms with van der Waals surface area (Å²) in [5.41, 5.74) is 0.487. The number of nitro benzene ring substituents is 1. The number of non-ortho nitro benzene ring substituents is 1. The molecule has 0 heterocycles. The number of rotatable bonds is 6. The number of nitrogens with zero attached hydrogens (tertiary/aromatic N) is 2. The molecule has 3 aromatic carbocycles. The van der Waals surface area contributed by atoms with Gasteiger partial charge in [-0.25, -0.2) is 0 Å². The number of sulfonamides is 1. The van der Waals surface area contributed by atoms with Crippen molar-refractivity contribution in [2.45, 2.75) is 4.90 Å². The Morgan fingerprint density at radius 2 is 1.61 bits per heavy atom. The molecule has 0 fully saturated rings. The highest BCUT2D eigenvalue weighted by molar-refractivity contribution is 8.14. The van der Waals surface area contributed by atoms with E-state index >= 15 is 0 Å². The topological polar surface area (TPSA) is 111 Å². The first-order chi connectivity index (χ1) is 15.6. The molecule has 0 unspecified atom stereocenters. The Balaban J connectivity index is 1.86. The minimum atomic E-state index is -4.17. The third kappa shape index (κ3) is 6.52. The summed E-state index contributed by atoms with van der Waals surface area (Å²) in [6.07, 6.45) is 1.67. The number of hydrogen-bond acceptors (Lipinski definition) is 6. The number of halogens is 3. The summed E-state index contributed by atoms with van der Waals surface area (Å²) in [4.78, 5) is 9.98. The molecule has 0 amide bonds. The van der Waals surface area contributed by atoms with Crippen LogP contribution in [0.5, 0.6) is 11.5 Å². The summed E-state index contributed by atoms with van der Waals surface area (Å²) < 4.78 is 35.1. The summed E-state index contributed by atoms with van der Waals surface area (Å²) in [5.74, 6) is 0.231. The number of thioether (sulfide) groups is 1. The van der Waals surface area contributed by atoms with Gasteiger partial charge in [0, 0.05) is 22.8 Å². The lowest BCUT2D eigenvalue weighted by atomic mass is 10.3. The average Bonchev–Trinajstić information content (AvgIpc) is 2.77. The molecule has 0 bridgehead atoms. The number of hydrogen-bond donors (Lipinski definition) is 1. The van der Waals surface area contributed by atoms with Crippen LogP contribution in [-0.2, 0) is 10.0 Å². The highest BCUT2D eigenvalue weighted by atomic mass is 35.5. The summed E-state index contributed by atoms with van der Waals surface area (Å²) >= 11 is 19.4. The van der Waals surface area contributed by atoms with Gasteiger partial charge in [-0.3, -0.25) is 10.1 Å². The van der Waals surface area contributed by atoms with Gasteiger partial charge in [-0.15, -0.1) is 4.40 Å². The van der Waals surface area contributed by atoms with Gasteiger partial charge in [0.2, 0.25) is 0 Å². The third-order valence-corrected chi connectivity index (χ3v) is 6.79. The first-order valence-corrected chi connectivity index (χ1v) is 12.7. The van der Waals surface area contributed by atoms with Crippen molar-refractivity contribution in [3.05, 3.63) is 85.8 Å². The Morgan fingerprint density at radius 3 is 2.12 bits per heavy atom. The number of nitro groups is 1. The smallest absolute Gasteiger partial charge is 0.284 e. The second kappa shape index (κ2) is 10.6. The van der Waals surface area contributed by atoms with Crippen molar-refractivity contribution in [2.24, 2.45) is 4.40 Å². The van der Waals surface area contributed by atoms with Crippen LogP contribution in [0.25, 0.3) is 0 Å². The highest BCUT2D eigenvalue weighted by Crippen LogP contribution is 2.39. The quantitative estimate of drug-likeness (QED) is 0.155. The average molecular weight is 547 g/mol. The highest BCUT2D eigenvalue weighted by Gasteiger charge is 2.20. The molecular formula is C20H14Cl3N3O5S2. The molecular weight excluding hydrogens is 533 g/mol. The SMILES string of the molecule is CS/C(=N\S(=O)(=O)c1cc(Cl)c(Oc2ccc([N+](=O)[O-])cc2)c(Cl)c1)Nc1ccc(Cl)cc1. The van der Waals surface area contributed by atoms with Gasteiger partial charge in [-0.1, -0.05) is 46.6 Å². The van der Waals surface area contributed by atoms with Crippen LogP contribution < -0.4 is 10.1 Å². The van der Waals surface area contributed by atoms with Crippen LogP contribution in [0.1, 0.15) is 0 Å². The second-order valence-corrected chi connectivity index (χ2v) is 9.93. The molecule has 172 valence electrons. The maximum Gasteiger partial charge on any atom is 0.284 e. The number of ether oxygens (including phenoxy) is 1. The molecule has 0 atom stereocenters. The Morgan fingerprint density at radius 1 is 1.03 bits per heavy atom. The molecule has 3 rings (SSSR count). The molecule has 8 nitrogen and oxygen atoms in total. The summed E-state index contributed by atoms with van der Waals surface area (Å²) in [7, 11) is -4.17. The first kappa shape index (κ1) is 25.1. The van der Waals surface area contributed by atoms with Crippen molar-refractivity contribution < 1.29 is 18.1 Å². The van der Waals surface area contributed by atoms with Crippen molar-refractivity contribution in [1.29, 1.82) is 0 Å². The Kier molecular flexibility index (Phi) is 8.09. The number of amidine groups is 1. The van der Waals surface area contributed by atoms with Gasteiger partial charge >= 0.3 is 0 Å². The van der Waals surface area contributed by atoms with E-state index in [2.05, 4.69) is 9.71 Å². The van der Waals surface area contributed by atoms with Crippen LogP contribution in [-0.4, -0.2) is 24.8 Å². The maximum absolute atomic E-state index is 12.8. The van der Waals surface area contributed by atoms with E-state index in [-0.39, 0.29) is 37.3 Å². The van der Waals surface area contributed by atoms with Crippen molar-refractivity contribution in [2.75, 3.05) is 11.6 Å². The van der Waals surface area contributed by atoms with Crippen molar-refractivity contribution in [3.8, 4) is 11.5 Å². The molecule has 0 aliphatic heterocycles. The van der Waals surface area contributed by atoms with E-state index in [0.29, 0.717) is 10.7 Å². The molecule has 0 aliphatic rings. The molecule has 0 aliphatic carbocycles. The van der Waals surface area contributed by atoms with Crippen LogP contribution in [0.15, 0.2) is 70.0 Å². The largest absolute Gasteiger partial charge is 0.454 e. The summed E-state index contributed by atoms with van der Waals surface area (Å²) in [6, 6.07) is 14.2. The monoisotopic (exact) mass is 545 g/mol. The Labute approximate surface area is 208 Å². The van der Waals surface area contributed by atoms with E-state index < -0.39 is 14.9 Å². The van der Waals surface area contributed by atoms with Gasteiger partial charge in [-0.05, 0) is 54.8 Å². The van der Waals surface area contributed by atoms with Gasteiger partial charge in [-0.2, -0.15) is 8.42 Å². The van der Waals surface area contributed by atoms with E-state index in [9.17, 15) is 18.5 Å². The van der Waals surface area contributed by atoms with Crippen LogP contribution in [0, 0.1) is 10.1 Å². The zero-order valence-electron chi connectivity index (χ0n) is 16.7. The lowest BCUT2D eigenvalue weighted by Gasteiger charge is -2.12. The van der Waals surface area contributed by atoms with Gasteiger partial charge in [0.25, 0.3) is 15.7 Å². The molecule has 0 radical (unpaired) electrons. The lowest BCUT2D eigenvalue weighted by molar-refractivity contribution is -0.384. The molecule has 0 saturated heterocycles. The predicted octanol–water partition coefficient (Wildman–Crippen LogP) is 6.87. The van der Waals surface area contributed by atoms with Crippen LogP contribution in [0.4, 0.5) is 11.4 Å². The number of benzene rings is 3. The van der Waals surface area contributed by atoms with E-state index in [4.69, 9.17) is 39.5 Å². The Hall–Kier alpha value is -2.50. The zero-order valence-corrected chi connectivity index (χ0v) is 20.6. The van der Waals surface area contributed by atoms with Crippen molar-refractivity contribution in [1.82, 2.24) is 0 Å². The minimum Gasteiger partial charge on any atom is -0.454 e. The predicted molar refractivity (Wildman–Crippen MR) is 133 cm³/mol. The number of nitrogens with one attached hydrogen (secondary N) is 1. The fraction of sp³-hybridized carbons (Fsp3) is 0.0500. The van der Waals surface area contributed by atoms with Crippen LogP contribution in [0.2, 0.25) is 15.1 Å². The van der Waals surface area contributed by atoms with Crippen LogP contribution in [0.3, 0.4) is 0 Å². The third-order valence-electron chi connectivity index (χ3n) is 4.03. The van der Waals surface area contributed by atoms with Gasteiger partial charge in [0.05, 0.1) is 19.9 Å². The molecule has 33 heavy (non-hydrogen) atoms. The van der Waals surface area contributed by atoms with Gasteiger partial charge in [0.1, 0.15) is 5.75 Å². The molecule has 0 aromatic heterocycles. The minimum absolute atomic E-state index is 0.000467. The molecule has 13 heteroatoms. The van der Waals surface area contributed by atoms with E-state index in [1.165, 1.54) is 24.3 Å². The molecule has 1 N–H and O–H groups in total. The van der Waals surface area contributed by atoms with Gasteiger partial charge in [0.15, 0.2) is 10.9 Å². The van der Waals surface area contributed by atoms with Crippen molar-refractivity contribution >= 4 is 73.1 Å². The zero-order chi connectivity index (χ0) is 24.2. The standard InChI is InChI=1S/C20H14Cl3N3O5S2/c1-32-20(24-13-4-2-12(21)3-5-13)25-33(29,30)16-10-17(22)19(18(23)11-16)31-15-8-6-14(7-9-15)26(27)28/h2-11H,1H3,(H,24,25). The van der Waals surface area contributed by atoms with Gasteiger partial charge < -0.3 is 10.1 Å². The fourth-order valence-electron chi connectivity index (χ4n) is 2.47. The molecule has 0 saturated carbocycles. The Bertz CT molecular complexity index is 1290. The normalized spacial score (nSPS) is 11.8. The molecule has 3 aromatic rings. The number of anilines is 1. The van der Waals surface area contributed by atoms with E-state index in [1.54, 1.807) is 30.5 Å².